The van der Waals surface area contributed by atoms with Crippen LogP contribution in [0.25, 0.3) is 22.4 Å². The molecule has 1 aliphatic rings. The zero-order valence-corrected chi connectivity index (χ0v) is 22.8. The number of hydrogen-bond donors (Lipinski definition) is 1. The fraction of sp³-hybridized carbons (Fsp3) is 0.367. The molecule has 0 aliphatic heterocycles. The third kappa shape index (κ3) is 4.92. The molecule has 0 saturated carbocycles. The Bertz CT molecular complexity index is 1490. The van der Waals surface area contributed by atoms with Gasteiger partial charge in [0.15, 0.2) is 5.76 Å². The van der Waals surface area contributed by atoms with E-state index in [0.29, 0.717) is 39.0 Å². The van der Waals surface area contributed by atoms with Gasteiger partial charge in [0.05, 0.1) is 23.3 Å². The van der Waals surface area contributed by atoms with Crippen LogP contribution >= 0.6 is 11.3 Å². The number of para-hydroxylation sites is 1. The van der Waals surface area contributed by atoms with Gasteiger partial charge < -0.3 is 14.5 Å². The predicted octanol–water partition coefficient (Wildman–Crippen LogP) is 7.44. The van der Waals surface area contributed by atoms with Crippen LogP contribution in [0.4, 0.5) is 5.00 Å². The molecule has 0 saturated heterocycles. The van der Waals surface area contributed by atoms with E-state index in [1.165, 1.54) is 11.3 Å². The maximum atomic E-state index is 13.8. The van der Waals surface area contributed by atoms with Crippen LogP contribution in [0.1, 0.15) is 71.0 Å². The van der Waals surface area contributed by atoms with E-state index in [0.717, 1.165) is 40.8 Å². The number of esters is 1. The van der Waals surface area contributed by atoms with Gasteiger partial charge in [0.25, 0.3) is 5.91 Å². The summed E-state index contributed by atoms with van der Waals surface area (Å²) in [5.41, 5.74) is 3.45. The average molecular weight is 517 g/mol. The standard InChI is InChI=1S/C30H32N2O4S/c1-6-35-29(34)26-20-13-12-18(30(3,4)5)15-25(20)37-28(26)32-27(33)21-16-23(24-14-11-17(2)36-24)31-22-10-8-7-9-19(21)22/h7-11,14,16,18H,6,12-13,15H2,1-5H3,(H,32,33)/t18-/m1/s1. The maximum Gasteiger partial charge on any atom is 0.341 e. The number of fused-ring (bicyclic) bond motifs is 2. The molecule has 1 aliphatic carbocycles. The number of anilines is 1. The van der Waals surface area contributed by atoms with Crippen molar-refractivity contribution in [2.24, 2.45) is 11.3 Å². The number of hydrogen-bond acceptors (Lipinski definition) is 6. The summed E-state index contributed by atoms with van der Waals surface area (Å²) < 4.78 is 11.2. The number of nitrogens with zero attached hydrogens (tertiary/aromatic N) is 1. The van der Waals surface area contributed by atoms with Gasteiger partial charge in [-0.1, -0.05) is 39.0 Å². The van der Waals surface area contributed by atoms with E-state index in [4.69, 9.17) is 14.1 Å². The molecule has 0 fully saturated rings. The summed E-state index contributed by atoms with van der Waals surface area (Å²) in [6.07, 6.45) is 2.71. The van der Waals surface area contributed by atoms with E-state index in [9.17, 15) is 9.59 Å². The third-order valence-electron chi connectivity index (χ3n) is 7.15. The highest BCUT2D eigenvalue weighted by atomic mass is 32.1. The first-order valence-corrected chi connectivity index (χ1v) is 13.6. The summed E-state index contributed by atoms with van der Waals surface area (Å²) in [7, 11) is 0. The van der Waals surface area contributed by atoms with Crippen molar-refractivity contribution in [3.63, 3.8) is 0 Å². The molecule has 1 amide bonds. The number of ether oxygens (including phenoxy) is 1. The molecule has 0 bridgehead atoms. The van der Waals surface area contributed by atoms with Crippen LogP contribution in [0.15, 0.2) is 46.9 Å². The Morgan fingerprint density at radius 2 is 1.97 bits per heavy atom. The molecule has 7 heteroatoms. The Kier molecular flexibility index (Phi) is 6.67. The topological polar surface area (TPSA) is 81.4 Å². The smallest absolute Gasteiger partial charge is 0.341 e. The number of pyridine rings is 1. The van der Waals surface area contributed by atoms with Crippen LogP contribution in [0.5, 0.6) is 0 Å². The molecule has 1 atom stereocenters. The van der Waals surface area contributed by atoms with Crippen molar-refractivity contribution in [3.8, 4) is 11.5 Å². The lowest BCUT2D eigenvalue weighted by molar-refractivity contribution is 0.0526. The summed E-state index contributed by atoms with van der Waals surface area (Å²) in [5, 5.41) is 4.36. The highest BCUT2D eigenvalue weighted by molar-refractivity contribution is 7.17. The molecule has 3 heterocycles. The summed E-state index contributed by atoms with van der Waals surface area (Å²) in [6, 6.07) is 13.0. The molecule has 4 aromatic rings. The van der Waals surface area contributed by atoms with Crippen LogP contribution in [0.3, 0.4) is 0 Å². The molecule has 5 rings (SSSR count). The normalized spacial score (nSPS) is 15.4. The minimum Gasteiger partial charge on any atom is -0.462 e. The minimum absolute atomic E-state index is 0.172. The van der Waals surface area contributed by atoms with Gasteiger partial charge in [0.2, 0.25) is 0 Å². The predicted molar refractivity (Wildman–Crippen MR) is 147 cm³/mol. The second-order valence-corrected chi connectivity index (χ2v) is 11.8. The number of aryl methyl sites for hydroxylation is 1. The quantitative estimate of drug-likeness (QED) is 0.279. The zero-order chi connectivity index (χ0) is 26.3. The number of furan rings is 1. The van der Waals surface area contributed by atoms with Gasteiger partial charge in [0, 0.05) is 10.3 Å². The molecule has 1 N–H and O–H groups in total. The van der Waals surface area contributed by atoms with E-state index in [1.807, 2.05) is 43.3 Å². The number of rotatable bonds is 5. The van der Waals surface area contributed by atoms with E-state index in [-0.39, 0.29) is 23.9 Å². The van der Waals surface area contributed by atoms with E-state index in [1.54, 1.807) is 13.0 Å². The lowest BCUT2D eigenvalue weighted by atomic mass is 9.72. The minimum atomic E-state index is -0.379. The highest BCUT2D eigenvalue weighted by Gasteiger charge is 2.34. The van der Waals surface area contributed by atoms with Crippen molar-refractivity contribution >= 4 is 39.1 Å². The number of benzene rings is 1. The number of amides is 1. The fourth-order valence-electron chi connectivity index (χ4n) is 5.06. The summed E-state index contributed by atoms with van der Waals surface area (Å²) >= 11 is 1.50. The molecule has 1 aromatic carbocycles. The first-order valence-electron chi connectivity index (χ1n) is 12.7. The van der Waals surface area contributed by atoms with Gasteiger partial charge in [-0.05, 0) is 74.3 Å². The van der Waals surface area contributed by atoms with Gasteiger partial charge in [-0.3, -0.25) is 4.79 Å². The number of thiophene rings is 1. The average Bonchev–Trinajstić information content (AvgIpc) is 3.45. The van der Waals surface area contributed by atoms with Crippen molar-refractivity contribution in [1.82, 2.24) is 4.98 Å². The molecular weight excluding hydrogens is 484 g/mol. The second-order valence-electron chi connectivity index (χ2n) is 10.7. The number of carbonyl (C=O) groups is 2. The van der Waals surface area contributed by atoms with E-state index < -0.39 is 0 Å². The SMILES string of the molecule is CCOC(=O)c1c(NC(=O)c2cc(-c3ccc(C)o3)nc3ccccc23)sc2c1CC[C@@H](C(C)(C)C)C2. The molecular formula is C30H32N2O4S. The Morgan fingerprint density at radius 3 is 2.68 bits per heavy atom. The van der Waals surface area contributed by atoms with Crippen LogP contribution in [0.2, 0.25) is 0 Å². The Labute approximate surface area is 221 Å². The van der Waals surface area contributed by atoms with Crippen molar-refractivity contribution in [3.05, 3.63) is 69.8 Å². The zero-order valence-electron chi connectivity index (χ0n) is 21.9. The van der Waals surface area contributed by atoms with Crippen LogP contribution in [-0.2, 0) is 17.6 Å². The van der Waals surface area contributed by atoms with Crippen LogP contribution in [-0.4, -0.2) is 23.5 Å². The molecule has 0 spiro atoms. The molecule has 0 radical (unpaired) electrons. The molecule has 3 aromatic heterocycles. The molecule has 6 nitrogen and oxygen atoms in total. The monoisotopic (exact) mass is 516 g/mol. The van der Waals surface area contributed by atoms with Crippen LogP contribution < -0.4 is 5.32 Å². The molecule has 0 unspecified atom stereocenters. The van der Waals surface area contributed by atoms with Gasteiger partial charge in [-0.25, -0.2) is 9.78 Å². The van der Waals surface area contributed by atoms with E-state index in [2.05, 4.69) is 26.1 Å². The second kappa shape index (κ2) is 9.78. The number of carbonyl (C=O) groups excluding carboxylic acids is 2. The first kappa shape index (κ1) is 25.2. The largest absolute Gasteiger partial charge is 0.462 e. The van der Waals surface area contributed by atoms with Crippen molar-refractivity contribution < 1.29 is 18.7 Å². The van der Waals surface area contributed by atoms with Crippen molar-refractivity contribution in [1.29, 1.82) is 0 Å². The van der Waals surface area contributed by atoms with Gasteiger partial charge in [0.1, 0.15) is 16.5 Å². The lowest BCUT2D eigenvalue weighted by Gasteiger charge is -2.33. The molecule has 37 heavy (non-hydrogen) atoms. The summed E-state index contributed by atoms with van der Waals surface area (Å²) in [4.78, 5) is 32.7. The van der Waals surface area contributed by atoms with Crippen LogP contribution in [0, 0.1) is 18.3 Å². The Hall–Kier alpha value is -3.45. The fourth-order valence-corrected chi connectivity index (χ4v) is 6.38. The van der Waals surface area contributed by atoms with E-state index >= 15 is 0 Å². The highest BCUT2D eigenvalue weighted by Crippen LogP contribution is 2.44. The maximum absolute atomic E-state index is 13.8. The van der Waals surface area contributed by atoms with Gasteiger partial charge in [-0.2, -0.15) is 0 Å². The Morgan fingerprint density at radius 1 is 1.19 bits per heavy atom. The summed E-state index contributed by atoms with van der Waals surface area (Å²) in [5.74, 6) is 1.22. The lowest BCUT2D eigenvalue weighted by Crippen LogP contribution is -2.26. The van der Waals surface area contributed by atoms with Gasteiger partial charge in [-0.15, -0.1) is 11.3 Å². The first-order chi connectivity index (χ1) is 17.7. The number of aromatic nitrogens is 1. The third-order valence-corrected chi connectivity index (χ3v) is 8.32. The molecule has 192 valence electrons. The van der Waals surface area contributed by atoms with Crippen molar-refractivity contribution in [2.75, 3.05) is 11.9 Å². The van der Waals surface area contributed by atoms with Crippen molar-refractivity contribution in [2.45, 2.75) is 53.9 Å². The Balaban J connectivity index is 1.56. The number of nitrogens with one attached hydrogen (secondary N) is 1. The van der Waals surface area contributed by atoms with Gasteiger partial charge >= 0.3 is 5.97 Å². The summed E-state index contributed by atoms with van der Waals surface area (Å²) in [6.45, 7) is 10.7.